The van der Waals surface area contributed by atoms with E-state index < -0.39 is 0 Å². The fraction of sp³-hybridized carbons (Fsp3) is 0.615. The fourth-order valence-electron chi connectivity index (χ4n) is 1.58. The summed E-state index contributed by atoms with van der Waals surface area (Å²) in [6.07, 6.45) is 3.45. The van der Waals surface area contributed by atoms with Gasteiger partial charge in [-0.25, -0.2) is 0 Å². The van der Waals surface area contributed by atoms with Crippen LogP contribution in [0.15, 0.2) is 15.9 Å². The highest BCUT2D eigenvalue weighted by atomic mass is 79.9. The van der Waals surface area contributed by atoms with E-state index >= 15 is 0 Å². The number of carbonyl (C=O) groups is 1. The molecule has 5 heteroatoms. The third-order valence-electron chi connectivity index (χ3n) is 2.73. The molecule has 0 aromatic carbocycles. The van der Waals surface area contributed by atoms with Crippen LogP contribution in [0.2, 0.25) is 0 Å². The molecule has 102 valence electrons. The number of halogens is 1. The molecule has 1 amide bonds. The summed E-state index contributed by atoms with van der Waals surface area (Å²) >= 11 is 5.14. The van der Waals surface area contributed by atoms with Crippen LogP contribution >= 0.6 is 27.3 Å². The molecule has 0 aliphatic carbocycles. The minimum absolute atomic E-state index is 0.0777. The number of hydrogen-bond acceptors (Lipinski definition) is 3. The summed E-state index contributed by atoms with van der Waals surface area (Å²) in [6, 6.07) is 4.12. The van der Waals surface area contributed by atoms with Crippen molar-refractivity contribution in [1.29, 1.82) is 0 Å². The first-order valence-electron chi connectivity index (χ1n) is 6.30. The van der Waals surface area contributed by atoms with Gasteiger partial charge in [-0.2, -0.15) is 0 Å². The molecule has 0 bridgehead atoms. The van der Waals surface area contributed by atoms with E-state index in [1.165, 1.54) is 4.88 Å². The van der Waals surface area contributed by atoms with Gasteiger partial charge in [0.15, 0.2) is 0 Å². The molecular formula is C13H20BrNO2S. The summed E-state index contributed by atoms with van der Waals surface area (Å²) in [5, 5.41) is 12.2. The third kappa shape index (κ3) is 6.52. The lowest BCUT2D eigenvalue weighted by molar-refractivity contribution is -0.121. The average molecular weight is 334 g/mol. The van der Waals surface area contributed by atoms with Gasteiger partial charge in [0.05, 0.1) is 9.89 Å². The molecule has 18 heavy (non-hydrogen) atoms. The van der Waals surface area contributed by atoms with Gasteiger partial charge in [0, 0.05) is 17.8 Å². The van der Waals surface area contributed by atoms with E-state index in [1.807, 2.05) is 13.0 Å². The smallest absolute Gasteiger partial charge is 0.220 e. The first-order valence-corrected chi connectivity index (χ1v) is 7.91. The first-order chi connectivity index (χ1) is 8.61. The Labute approximate surface area is 121 Å². The van der Waals surface area contributed by atoms with Crippen LogP contribution in [-0.2, 0) is 11.2 Å². The summed E-state index contributed by atoms with van der Waals surface area (Å²) in [7, 11) is 0. The van der Waals surface area contributed by atoms with Crippen LogP contribution in [0.5, 0.6) is 0 Å². The van der Waals surface area contributed by atoms with Crippen LogP contribution in [0.3, 0.4) is 0 Å². The summed E-state index contributed by atoms with van der Waals surface area (Å²) in [5.41, 5.74) is 0. The van der Waals surface area contributed by atoms with E-state index in [4.69, 9.17) is 0 Å². The van der Waals surface area contributed by atoms with Crippen LogP contribution in [-0.4, -0.2) is 23.7 Å². The van der Waals surface area contributed by atoms with Gasteiger partial charge in [-0.1, -0.05) is 6.92 Å². The van der Waals surface area contributed by atoms with E-state index in [1.54, 1.807) is 11.3 Å². The molecule has 0 fully saturated rings. The van der Waals surface area contributed by atoms with Crippen molar-refractivity contribution in [2.75, 3.05) is 6.54 Å². The molecule has 1 heterocycles. The van der Waals surface area contributed by atoms with Gasteiger partial charge in [-0.3, -0.25) is 4.79 Å². The number of carbonyl (C=O) groups excluding carboxylic acids is 1. The molecule has 0 aliphatic heterocycles. The van der Waals surface area contributed by atoms with Gasteiger partial charge in [-0.05, 0) is 53.7 Å². The normalized spacial score (nSPS) is 12.4. The first kappa shape index (κ1) is 15.7. The maximum absolute atomic E-state index is 11.5. The molecule has 0 aliphatic rings. The predicted molar refractivity (Wildman–Crippen MR) is 78.9 cm³/mol. The standard InChI is InChI=1S/C13H20BrNO2S/c1-2-10(16)8-9-15-13(17)5-3-4-11-6-7-12(14)18-11/h6-7,10,16H,2-5,8-9H2,1H3,(H,15,17). The van der Waals surface area contributed by atoms with Gasteiger partial charge >= 0.3 is 0 Å². The molecule has 2 N–H and O–H groups in total. The Bertz CT molecular complexity index is 368. The highest BCUT2D eigenvalue weighted by Crippen LogP contribution is 2.23. The summed E-state index contributed by atoms with van der Waals surface area (Å²) in [5.74, 6) is 0.0777. The van der Waals surface area contributed by atoms with Crippen LogP contribution in [0.4, 0.5) is 0 Å². The quantitative estimate of drug-likeness (QED) is 0.767. The number of aliphatic hydroxyl groups is 1. The number of aryl methyl sites for hydroxylation is 1. The summed E-state index contributed by atoms with van der Waals surface area (Å²) in [6.45, 7) is 2.50. The van der Waals surface area contributed by atoms with E-state index in [-0.39, 0.29) is 12.0 Å². The Balaban J connectivity index is 2.06. The molecule has 0 saturated carbocycles. The lowest BCUT2D eigenvalue weighted by Crippen LogP contribution is -2.26. The van der Waals surface area contributed by atoms with Crippen molar-refractivity contribution < 1.29 is 9.90 Å². The minimum Gasteiger partial charge on any atom is -0.393 e. The monoisotopic (exact) mass is 333 g/mol. The van der Waals surface area contributed by atoms with Crippen LogP contribution in [0, 0.1) is 0 Å². The van der Waals surface area contributed by atoms with E-state index in [2.05, 4.69) is 27.3 Å². The highest BCUT2D eigenvalue weighted by molar-refractivity contribution is 9.11. The lowest BCUT2D eigenvalue weighted by atomic mass is 10.2. The van der Waals surface area contributed by atoms with Gasteiger partial charge < -0.3 is 10.4 Å². The largest absolute Gasteiger partial charge is 0.393 e. The van der Waals surface area contributed by atoms with Crippen molar-refractivity contribution in [1.82, 2.24) is 5.32 Å². The van der Waals surface area contributed by atoms with E-state index in [9.17, 15) is 9.90 Å². The average Bonchev–Trinajstić information content (AvgIpc) is 2.75. The molecule has 0 radical (unpaired) electrons. The Morgan fingerprint density at radius 3 is 2.94 bits per heavy atom. The molecule has 1 aromatic rings. The van der Waals surface area contributed by atoms with Gasteiger partial charge in [0.25, 0.3) is 0 Å². The van der Waals surface area contributed by atoms with Gasteiger partial charge in [0.2, 0.25) is 5.91 Å². The molecule has 1 rings (SSSR count). The highest BCUT2D eigenvalue weighted by Gasteiger charge is 2.04. The lowest BCUT2D eigenvalue weighted by Gasteiger charge is -2.08. The Morgan fingerprint density at radius 2 is 2.33 bits per heavy atom. The molecule has 3 nitrogen and oxygen atoms in total. The zero-order chi connectivity index (χ0) is 13.4. The van der Waals surface area contributed by atoms with Crippen molar-refractivity contribution in [2.45, 2.75) is 45.1 Å². The molecule has 1 atom stereocenters. The second-order valence-corrected chi connectivity index (χ2v) is 6.81. The van der Waals surface area contributed by atoms with Crippen LogP contribution in [0.1, 0.15) is 37.5 Å². The van der Waals surface area contributed by atoms with Crippen LogP contribution < -0.4 is 5.32 Å². The van der Waals surface area contributed by atoms with Crippen molar-refractivity contribution in [3.8, 4) is 0 Å². The Hall–Kier alpha value is -0.390. The number of nitrogens with one attached hydrogen (secondary N) is 1. The van der Waals surface area contributed by atoms with E-state index in [0.717, 1.165) is 23.0 Å². The number of rotatable bonds is 8. The topological polar surface area (TPSA) is 49.3 Å². The second-order valence-electron chi connectivity index (χ2n) is 4.26. The van der Waals surface area contributed by atoms with Gasteiger partial charge in [0.1, 0.15) is 0 Å². The van der Waals surface area contributed by atoms with Crippen molar-refractivity contribution in [3.05, 3.63) is 20.8 Å². The summed E-state index contributed by atoms with van der Waals surface area (Å²) < 4.78 is 1.13. The number of amides is 1. The predicted octanol–water partition coefficient (Wildman–Crippen LogP) is 3.11. The van der Waals surface area contributed by atoms with Crippen molar-refractivity contribution in [2.24, 2.45) is 0 Å². The molecular weight excluding hydrogens is 314 g/mol. The molecule has 1 unspecified atom stereocenters. The van der Waals surface area contributed by atoms with Crippen molar-refractivity contribution >= 4 is 33.2 Å². The Morgan fingerprint density at radius 1 is 1.56 bits per heavy atom. The zero-order valence-corrected chi connectivity index (χ0v) is 13.0. The number of aliphatic hydroxyl groups excluding tert-OH is 1. The third-order valence-corrected chi connectivity index (χ3v) is 4.41. The second kappa shape index (κ2) is 8.67. The SMILES string of the molecule is CCC(O)CCNC(=O)CCCc1ccc(Br)s1. The number of thiophene rings is 1. The van der Waals surface area contributed by atoms with Crippen molar-refractivity contribution in [3.63, 3.8) is 0 Å². The fourth-order valence-corrected chi connectivity index (χ4v) is 3.10. The summed E-state index contributed by atoms with van der Waals surface area (Å²) in [4.78, 5) is 12.8. The molecule has 0 spiro atoms. The maximum Gasteiger partial charge on any atom is 0.220 e. The Kier molecular flexibility index (Phi) is 7.54. The zero-order valence-electron chi connectivity index (χ0n) is 10.6. The number of hydrogen-bond donors (Lipinski definition) is 2. The van der Waals surface area contributed by atoms with E-state index in [0.29, 0.717) is 19.4 Å². The minimum atomic E-state index is -0.297. The van der Waals surface area contributed by atoms with Crippen LogP contribution in [0.25, 0.3) is 0 Å². The molecule has 1 aromatic heterocycles. The molecule has 0 saturated heterocycles. The van der Waals surface area contributed by atoms with Gasteiger partial charge in [-0.15, -0.1) is 11.3 Å². The maximum atomic E-state index is 11.5.